The Morgan fingerprint density at radius 1 is 1.31 bits per heavy atom. The van der Waals surface area contributed by atoms with Crippen molar-refractivity contribution in [3.05, 3.63) is 23.8 Å². The molecule has 1 aromatic carbocycles. The summed E-state index contributed by atoms with van der Waals surface area (Å²) in [6.45, 7) is 1.46. The molecule has 10 heteroatoms. The van der Waals surface area contributed by atoms with Crippen LogP contribution in [-0.4, -0.2) is 61.0 Å². The van der Waals surface area contributed by atoms with E-state index < -0.39 is 21.5 Å². The maximum atomic E-state index is 12.6. The van der Waals surface area contributed by atoms with Gasteiger partial charge < -0.3 is 19.5 Å². The van der Waals surface area contributed by atoms with Gasteiger partial charge in [-0.1, -0.05) is 0 Å². The fourth-order valence-corrected chi connectivity index (χ4v) is 4.05. The van der Waals surface area contributed by atoms with Gasteiger partial charge in [-0.15, -0.1) is 12.4 Å². The summed E-state index contributed by atoms with van der Waals surface area (Å²) in [7, 11) is 0.437. The van der Waals surface area contributed by atoms with Crippen LogP contribution in [0.1, 0.15) is 23.2 Å². The van der Waals surface area contributed by atoms with Crippen molar-refractivity contribution < 1.29 is 27.4 Å². The first kappa shape index (κ1) is 22.7. The predicted molar refractivity (Wildman–Crippen MR) is 98.6 cm³/mol. The van der Waals surface area contributed by atoms with E-state index in [-0.39, 0.29) is 35.2 Å². The van der Waals surface area contributed by atoms with Gasteiger partial charge in [0, 0.05) is 19.7 Å². The number of carbonyl (C=O) groups excluding carboxylic acids is 1. The standard InChI is InChI=1S/C16H24N2O6S.ClH/c1-22-11-16(7-4-8-17-16)10-18-25(20,21)12-5-6-13(15(19)24-3)14(9-12)23-2;/h5-6,9,17-18H,4,7-8,10-11H2,1-3H3;1H. The van der Waals surface area contributed by atoms with Crippen LogP contribution in [0.5, 0.6) is 5.75 Å². The number of carbonyl (C=O) groups is 1. The lowest BCUT2D eigenvalue weighted by molar-refractivity contribution is 0.0597. The quantitative estimate of drug-likeness (QED) is 0.617. The summed E-state index contributed by atoms with van der Waals surface area (Å²) < 4.78 is 42.8. The van der Waals surface area contributed by atoms with Crippen LogP contribution in [0.25, 0.3) is 0 Å². The predicted octanol–water partition coefficient (Wildman–Crippen LogP) is 0.950. The monoisotopic (exact) mass is 408 g/mol. The number of hydrogen-bond acceptors (Lipinski definition) is 7. The highest BCUT2D eigenvalue weighted by Gasteiger charge is 2.35. The third kappa shape index (κ3) is 5.08. The molecule has 26 heavy (non-hydrogen) atoms. The van der Waals surface area contributed by atoms with Gasteiger partial charge in [0.2, 0.25) is 10.0 Å². The van der Waals surface area contributed by atoms with Crippen LogP contribution in [0, 0.1) is 0 Å². The Kier molecular flexibility index (Phi) is 8.29. The minimum absolute atomic E-state index is 0. The fraction of sp³-hybridized carbons (Fsp3) is 0.562. The molecule has 1 aliphatic rings. The molecule has 0 aromatic heterocycles. The van der Waals surface area contributed by atoms with Crippen LogP contribution >= 0.6 is 12.4 Å². The normalized spacial score (nSPS) is 19.7. The van der Waals surface area contributed by atoms with E-state index in [1.807, 2.05) is 0 Å². The van der Waals surface area contributed by atoms with E-state index in [2.05, 4.69) is 14.8 Å². The van der Waals surface area contributed by atoms with Crippen LogP contribution in [0.3, 0.4) is 0 Å². The van der Waals surface area contributed by atoms with Crippen LogP contribution < -0.4 is 14.8 Å². The summed E-state index contributed by atoms with van der Waals surface area (Å²) in [5.74, 6) is -0.455. The third-order valence-electron chi connectivity index (χ3n) is 4.24. The minimum Gasteiger partial charge on any atom is -0.496 e. The second-order valence-corrected chi connectivity index (χ2v) is 7.69. The molecule has 1 fully saturated rings. The van der Waals surface area contributed by atoms with E-state index >= 15 is 0 Å². The van der Waals surface area contributed by atoms with Crippen LogP contribution in [0.4, 0.5) is 0 Å². The molecule has 2 rings (SSSR count). The van der Waals surface area contributed by atoms with Gasteiger partial charge in [0.05, 0.1) is 31.3 Å². The topological polar surface area (TPSA) is 103 Å². The molecular formula is C16H25ClN2O6S. The van der Waals surface area contributed by atoms with Crippen molar-refractivity contribution in [1.29, 1.82) is 0 Å². The van der Waals surface area contributed by atoms with E-state index in [9.17, 15) is 13.2 Å². The minimum atomic E-state index is -3.76. The highest BCUT2D eigenvalue weighted by molar-refractivity contribution is 7.89. The van der Waals surface area contributed by atoms with Crippen molar-refractivity contribution in [2.24, 2.45) is 0 Å². The average Bonchev–Trinajstić information content (AvgIpc) is 3.08. The van der Waals surface area contributed by atoms with Gasteiger partial charge in [-0.25, -0.2) is 17.9 Å². The molecule has 0 amide bonds. The highest BCUT2D eigenvalue weighted by atomic mass is 35.5. The zero-order chi connectivity index (χ0) is 18.5. The molecule has 1 saturated heterocycles. The van der Waals surface area contributed by atoms with Gasteiger partial charge in [-0.3, -0.25) is 0 Å². The number of nitrogens with one attached hydrogen (secondary N) is 2. The number of halogens is 1. The van der Waals surface area contributed by atoms with E-state index in [4.69, 9.17) is 9.47 Å². The maximum absolute atomic E-state index is 12.6. The van der Waals surface area contributed by atoms with Crippen molar-refractivity contribution in [3.8, 4) is 5.75 Å². The number of ether oxygens (including phenoxy) is 3. The summed E-state index contributed by atoms with van der Waals surface area (Å²) in [5.41, 5.74) is -0.241. The lowest BCUT2D eigenvalue weighted by atomic mass is 9.99. The second-order valence-electron chi connectivity index (χ2n) is 5.92. The molecule has 1 aromatic rings. The van der Waals surface area contributed by atoms with E-state index in [0.717, 1.165) is 19.4 Å². The second kappa shape index (κ2) is 9.52. The molecule has 148 valence electrons. The van der Waals surface area contributed by atoms with Gasteiger partial charge in [-0.2, -0.15) is 0 Å². The molecular weight excluding hydrogens is 384 g/mol. The van der Waals surface area contributed by atoms with Crippen LogP contribution in [0.15, 0.2) is 23.1 Å². The molecule has 0 spiro atoms. The molecule has 1 atom stereocenters. The smallest absolute Gasteiger partial charge is 0.341 e. The van der Waals surface area contributed by atoms with Gasteiger partial charge in [0.15, 0.2) is 0 Å². The van der Waals surface area contributed by atoms with Crippen molar-refractivity contribution >= 4 is 28.4 Å². The number of esters is 1. The SMILES string of the molecule is COCC1(CNS(=O)(=O)c2ccc(C(=O)OC)c(OC)c2)CCCN1.Cl. The molecule has 0 aliphatic carbocycles. The number of benzene rings is 1. The van der Waals surface area contributed by atoms with Crippen molar-refractivity contribution in [3.63, 3.8) is 0 Å². The third-order valence-corrected chi connectivity index (χ3v) is 5.64. The summed E-state index contributed by atoms with van der Waals surface area (Å²) in [5, 5.41) is 3.31. The maximum Gasteiger partial charge on any atom is 0.341 e. The molecule has 8 nitrogen and oxygen atoms in total. The molecule has 1 aliphatic heterocycles. The number of sulfonamides is 1. The molecule has 0 bridgehead atoms. The molecule has 1 unspecified atom stereocenters. The van der Waals surface area contributed by atoms with E-state index in [0.29, 0.717) is 6.61 Å². The summed E-state index contributed by atoms with van der Waals surface area (Å²) >= 11 is 0. The Morgan fingerprint density at radius 2 is 2.04 bits per heavy atom. The van der Waals surface area contributed by atoms with Crippen molar-refractivity contribution in [1.82, 2.24) is 10.0 Å². The summed E-state index contributed by atoms with van der Waals surface area (Å²) in [6, 6.07) is 4.03. The molecule has 0 radical (unpaired) electrons. The zero-order valence-corrected chi connectivity index (χ0v) is 16.7. The Bertz CT molecular complexity index is 719. The van der Waals surface area contributed by atoms with Gasteiger partial charge >= 0.3 is 5.97 Å². The Balaban J connectivity index is 0.00000338. The average molecular weight is 409 g/mol. The van der Waals surface area contributed by atoms with Gasteiger partial charge in [-0.05, 0) is 31.5 Å². The molecule has 1 heterocycles. The van der Waals surface area contributed by atoms with Crippen LogP contribution in [-0.2, 0) is 19.5 Å². The number of methoxy groups -OCH3 is 3. The Morgan fingerprint density at radius 3 is 2.58 bits per heavy atom. The first-order valence-electron chi connectivity index (χ1n) is 7.87. The highest BCUT2D eigenvalue weighted by Crippen LogP contribution is 2.24. The first-order chi connectivity index (χ1) is 11.9. The van der Waals surface area contributed by atoms with Gasteiger partial charge in [0.25, 0.3) is 0 Å². The fourth-order valence-electron chi connectivity index (χ4n) is 2.90. The first-order valence-corrected chi connectivity index (χ1v) is 9.36. The van der Waals surface area contributed by atoms with Gasteiger partial charge in [0.1, 0.15) is 11.3 Å². The largest absolute Gasteiger partial charge is 0.496 e. The lowest BCUT2D eigenvalue weighted by Crippen LogP contribution is -2.52. The lowest BCUT2D eigenvalue weighted by Gasteiger charge is -2.28. The molecule has 2 N–H and O–H groups in total. The van der Waals surface area contributed by atoms with Crippen LogP contribution in [0.2, 0.25) is 0 Å². The van der Waals surface area contributed by atoms with E-state index in [1.54, 1.807) is 7.11 Å². The Labute approximate surface area is 160 Å². The number of rotatable bonds is 8. The number of hydrogen-bond donors (Lipinski definition) is 2. The Hall–Kier alpha value is -1.39. The van der Waals surface area contributed by atoms with Crippen molar-refractivity contribution in [2.75, 3.05) is 41.0 Å². The summed E-state index contributed by atoms with van der Waals surface area (Å²) in [4.78, 5) is 11.7. The summed E-state index contributed by atoms with van der Waals surface area (Å²) in [6.07, 6.45) is 1.79. The van der Waals surface area contributed by atoms with E-state index in [1.165, 1.54) is 32.4 Å². The molecule has 0 saturated carbocycles. The zero-order valence-electron chi connectivity index (χ0n) is 15.0. The van der Waals surface area contributed by atoms with Crippen molar-refractivity contribution in [2.45, 2.75) is 23.3 Å².